The number of hydrogen-bond acceptors (Lipinski definition) is 4. The Balaban J connectivity index is 2.84. The highest BCUT2D eigenvalue weighted by Gasteiger charge is 2.64. The molecule has 210 valence electrons. The van der Waals surface area contributed by atoms with Crippen LogP contribution in [0.3, 0.4) is 0 Å². The van der Waals surface area contributed by atoms with Crippen molar-refractivity contribution < 1.29 is 32.2 Å². The fourth-order valence-electron chi connectivity index (χ4n) is 3.79. The van der Waals surface area contributed by atoms with Gasteiger partial charge in [0.15, 0.2) is 0 Å². The summed E-state index contributed by atoms with van der Waals surface area (Å²) in [6.45, 7) is 4.97. The number of hydrogen-bond donors (Lipinski definition) is 1. The van der Waals surface area contributed by atoms with Gasteiger partial charge in [0.2, 0.25) is 5.91 Å². The standard InChI is InChI=1S/C30H40F3NO4/c1-5-6-7-8-9-10-11-12-13-14-15-16-20-23-27(24(2)34-25(3)35)38-28(36)29(37-4,30(31,32)33)26-21-18-17-19-22-26/h6-7,9-10,12-13,15-19,21-22,24,27H,5,8,11,14,20,23H2,1-4H3,(H,34,35)/b7-6-,10-9-,13-12-,16-15-/t24-,27+,29+/m0/s1. The number of allylic oxidation sites excluding steroid dienone is 8. The van der Waals surface area contributed by atoms with E-state index in [9.17, 15) is 22.8 Å². The van der Waals surface area contributed by atoms with Crippen LogP contribution in [0.2, 0.25) is 0 Å². The van der Waals surface area contributed by atoms with Gasteiger partial charge < -0.3 is 14.8 Å². The highest BCUT2D eigenvalue weighted by atomic mass is 19.4. The van der Waals surface area contributed by atoms with Crippen molar-refractivity contribution in [1.82, 2.24) is 5.32 Å². The zero-order valence-electron chi connectivity index (χ0n) is 22.7. The van der Waals surface area contributed by atoms with E-state index >= 15 is 0 Å². The summed E-state index contributed by atoms with van der Waals surface area (Å²) in [4.78, 5) is 24.6. The Bertz CT molecular complexity index is 954. The molecule has 0 heterocycles. The molecule has 1 aromatic rings. The molecule has 0 aliphatic carbocycles. The van der Waals surface area contributed by atoms with Crippen LogP contribution >= 0.6 is 0 Å². The second-order valence-corrected chi connectivity index (χ2v) is 8.76. The highest BCUT2D eigenvalue weighted by Crippen LogP contribution is 2.43. The molecule has 0 radical (unpaired) electrons. The summed E-state index contributed by atoms with van der Waals surface area (Å²) in [7, 11) is 0.823. The first-order valence-electron chi connectivity index (χ1n) is 12.9. The fraction of sp³-hybridized carbons (Fsp3) is 0.467. The molecular weight excluding hydrogens is 495 g/mol. The summed E-state index contributed by atoms with van der Waals surface area (Å²) >= 11 is 0. The Morgan fingerprint density at radius 3 is 1.92 bits per heavy atom. The summed E-state index contributed by atoms with van der Waals surface area (Å²) in [5, 5.41) is 2.61. The second-order valence-electron chi connectivity index (χ2n) is 8.76. The molecule has 1 rings (SSSR count). The van der Waals surface area contributed by atoms with Gasteiger partial charge in [0.25, 0.3) is 5.60 Å². The molecule has 1 N–H and O–H groups in total. The first-order valence-corrected chi connectivity index (χ1v) is 12.9. The van der Waals surface area contributed by atoms with E-state index in [1.54, 1.807) is 6.92 Å². The number of amides is 1. The molecule has 8 heteroatoms. The van der Waals surface area contributed by atoms with Crippen LogP contribution in [0.1, 0.15) is 64.9 Å². The molecular formula is C30H40F3NO4. The number of halogens is 3. The fourth-order valence-corrected chi connectivity index (χ4v) is 3.79. The maximum atomic E-state index is 14.2. The summed E-state index contributed by atoms with van der Waals surface area (Å²) in [6.07, 6.45) is 14.4. The maximum absolute atomic E-state index is 14.2. The Morgan fingerprint density at radius 1 is 0.921 bits per heavy atom. The molecule has 0 aliphatic heterocycles. The molecule has 0 saturated carbocycles. The van der Waals surface area contributed by atoms with Crippen molar-refractivity contribution in [3.8, 4) is 0 Å². The van der Waals surface area contributed by atoms with Gasteiger partial charge in [-0.1, -0.05) is 85.9 Å². The number of carbonyl (C=O) groups is 2. The SMILES string of the molecule is CC/C=C\C/C=C\C/C=C\C/C=C\CC[C@@H](OC(=O)[C@](OC)(c1ccccc1)C(F)(F)F)[C@H](C)NC(C)=O. The van der Waals surface area contributed by atoms with Gasteiger partial charge in [-0.25, -0.2) is 4.79 Å². The lowest BCUT2D eigenvalue weighted by Gasteiger charge is -2.35. The average Bonchev–Trinajstić information content (AvgIpc) is 2.86. The van der Waals surface area contributed by atoms with Crippen LogP contribution < -0.4 is 5.32 Å². The zero-order chi connectivity index (χ0) is 28.4. The van der Waals surface area contributed by atoms with E-state index in [-0.39, 0.29) is 17.9 Å². The van der Waals surface area contributed by atoms with Gasteiger partial charge in [0, 0.05) is 19.6 Å². The van der Waals surface area contributed by atoms with Crippen LogP contribution in [-0.4, -0.2) is 37.3 Å². The quantitative estimate of drug-likeness (QED) is 0.181. The zero-order valence-corrected chi connectivity index (χ0v) is 22.7. The van der Waals surface area contributed by atoms with Crippen molar-refractivity contribution >= 4 is 11.9 Å². The topological polar surface area (TPSA) is 64.6 Å². The number of methoxy groups -OCH3 is 1. The van der Waals surface area contributed by atoms with Gasteiger partial charge >= 0.3 is 12.1 Å². The second kappa shape index (κ2) is 17.4. The number of ether oxygens (including phenoxy) is 2. The van der Waals surface area contributed by atoms with Crippen LogP contribution in [-0.2, 0) is 24.7 Å². The van der Waals surface area contributed by atoms with E-state index in [0.29, 0.717) is 12.8 Å². The molecule has 1 aromatic carbocycles. The number of benzene rings is 1. The van der Waals surface area contributed by atoms with Gasteiger partial charge in [-0.15, -0.1) is 0 Å². The summed E-state index contributed by atoms with van der Waals surface area (Å²) in [5.41, 5.74) is -3.67. The molecule has 5 nitrogen and oxygen atoms in total. The van der Waals surface area contributed by atoms with Gasteiger partial charge in [-0.2, -0.15) is 13.2 Å². The van der Waals surface area contributed by atoms with Gasteiger partial charge in [-0.3, -0.25) is 4.79 Å². The summed E-state index contributed by atoms with van der Waals surface area (Å²) in [5.74, 6) is -1.96. The van der Waals surface area contributed by atoms with Crippen LogP contribution in [0.4, 0.5) is 13.2 Å². The molecule has 1 amide bonds. The minimum atomic E-state index is -5.07. The predicted octanol–water partition coefficient (Wildman–Crippen LogP) is 7.11. The Labute approximate surface area is 224 Å². The minimum absolute atomic E-state index is 0.216. The van der Waals surface area contributed by atoms with E-state index in [0.717, 1.165) is 26.4 Å². The molecule has 0 aromatic heterocycles. The van der Waals surface area contributed by atoms with Crippen molar-refractivity contribution in [3.63, 3.8) is 0 Å². The van der Waals surface area contributed by atoms with Gasteiger partial charge in [-0.05, 0) is 45.4 Å². The first kappa shape index (κ1) is 32.9. The number of nitrogens with one attached hydrogen (secondary N) is 1. The van der Waals surface area contributed by atoms with Crippen molar-refractivity contribution in [2.45, 2.75) is 83.2 Å². The van der Waals surface area contributed by atoms with Crippen LogP contribution in [0.15, 0.2) is 78.9 Å². The molecule has 0 saturated heterocycles. The van der Waals surface area contributed by atoms with Crippen LogP contribution in [0, 0.1) is 0 Å². The maximum Gasteiger partial charge on any atom is 0.432 e. The third-order valence-corrected chi connectivity index (χ3v) is 5.76. The molecule has 0 fully saturated rings. The summed E-state index contributed by atoms with van der Waals surface area (Å²) in [6, 6.07) is 5.94. The average molecular weight is 536 g/mol. The Hall–Kier alpha value is -3.13. The van der Waals surface area contributed by atoms with Crippen molar-refractivity contribution in [3.05, 3.63) is 84.5 Å². The molecule has 0 spiro atoms. The van der Waals surface area contributed by atoms with E-state index in [1.807, 2.05) is 18.2 Å². The third-order valence-electron chi connectivity index (χ3n) is 5.76. The molecule has 0 unspecified atom stereocenters. The van der Waals surface area contributed by atoms with E-state index in [1.165, 1.54) is 37.3 Å². The lowest BCUT2D eigenvalue weighted by Crippen LogP contribution is -2.54. The number of alkyl halides is 3. The van der Waals surface area contributed by atoms with Crippen LogP contribution in [0.5, 0.6) is 0 Å². The Morgan fingerprint density at radius 2 is 1.45 bits per heavy atom. The number of esters is 1. The first-order chi connectivity index (χ1) is 18.1. The number of carbonyl (C=O) groups excluding carboxylic acids is 2. The monoisotopic (exact) mass is 535 g/mol. The van der Waals surface area contributed by atoms with Crippen molar-refractivity contribution in [2.24, 2.45) is 0 Å². The third kappa shape index (κ3) is 10.7. The van der Waals surface area contributed by atoms with Crippen LogP contribution in [0.25, 0.3) is 0 Å². The molecule has 38 heavy (non-hydrogen) atoms. The lowest BCUT2D eigenvalue weighted by atomic mass is 9.92. The predicted molar refractivity (Wildman–Crippen MR) is 144 cm³/mol. The molecule has 3 atom stereocenters. The largest absolute Gasteiger partial charge is 0.458 e. The molecule has 0 aliphatic rings. The lowest BCUT2D eigenvalue weighted by molar-refractivity contribution is -0.278. The van der Waals surface area contributed by atoms with E-state index < -0.39 is 29.9 Å². The van der Waals surface area contributed by atoms with Gasteiger partial charge in [0.05, 0.1) is 6.04 Å². The smallest absolute Gasteiger partial charge is 0.432 e. The molecule has 0 bridgehead atoms. The normalized spacial score (nSPS) is 15.8. The van der Waals surface area contributed by atoms with Crippen molar-refractivity contribution in [2.75, 3.05) is 7.11 Å². The van der Waals surface area contributed by atoms with Crippen molar-refractivity contribution in [1.29, 1.82) is 0 Å². The van der Waals surface area contributed by atoms with E-state index in [4.69, 9.17) is 9.47 Å². The number of rotatable bonds is 16. The van der Waals surface area contributed by atoms with Gasteiger partial charge in [0.1, 0.15) is 6.10 Å². The summed E-state index contributed by atoms with van der Waals surface area (Å²) < 4.78 is 52.9. The van der Waals surface area contributed by atoms with E-state index in [2.05, 4.69) is 42.6 Å². The Kier molecular flexibility index (Phi) is 15.1. The highest BCUT2D eigenvalue weighted by molar-refractivity contribution is 5.83. The minimum Gasteiger partial charge on any atom is -0.458 e.